The van der Waals surface area contributed by atoms with Crippen molar-refractivity contribution in [3.8, 4) is 0 Å². The first-order chi connectivity index (χ1) is 19.6. The molecule has 1 fully saturated rings. The normalized spacial score (nSPS) is 14.1. The molecule has 1 saturated heterocycles. The van der Waals surface area contributed by atoms with Crippen LogP contribution in [-0.2, 0) is 21.4 Å². The van der Waals surface area contributed by atoms with Crippen molar-refractivity contribution in [3.63, 3.8) is 0 Å². The summed E-state index contributed by atoms with van der Waals surface area (Å²) in [6.45, 7) is 6.89. The molecule has 4 rings (SSSR count). The molecular weight excluding hydrogens is 582 g/mol. The number of sulfonamides is 1. The van der Waals surface area contributed by atoms with E-state index in [4.69, 9.17) is 9.90 Å². The Kier molecular flexibility index (Phi) is 10.2. The second kappa shape index (κ2) is 13.2. The van der Waals surface area contributed by atoms with Crippen molar-refractivity contribution in [2.24, 2.45) is 0 Å². The third kappa shape index (κ3) is 8.42. The zero-order chi connectivity index (χ0) is 31.2. The highest BCUT2D eigenvalue weighted by molar-refractivity contribution is 7.92. The summed E-state index contributed by atoms with van der Waals surface area (Å²) >= 11 is 0. The van der Waals surface area contributed by atoms with Crippen LogP contribution in [-0.4, -0.2) is 67.8 Å². The molecule has 0 radical (unpaired) electrons. The SMILES string of the molecule is Cc1ccc(S(=O)(=O)Nc2ccc(N3CCN(Cc4ccccc4F)CC3)cc2C(=O)O)cc1C.O=C(O)C(F)(F)F. The number of aliphatic carboxylic acids is 1. The van der Waals surface area contributed by atoms with Crippen LogP contribution in [0.15, 0.2) is 65.6 Å². The summed E-state index contributed by atoms with van der Waals surface area (Å²) in [5, 5.41) is 16.9. The average Bonchev–Trinajstić information content (AvgIpc) is 2.91. The minimum absolute atomic E-state index is 0.0117. The van der Waals surface area contributed by atoms with E-state index in [0.717, 1.165) is 11.1 Å². The van der Waals surface area contributed by atoms with Crippen molar-refractivity contribution in [2.45, 2.75) is 31.5 Å². The Hall–Kier alpha value is -4.17. The lowest BCUT2D eigenvalue weighted by molar-refractivity contribution is -0.192. The largest absolute Gasteiger partial charge is 0.490 e. The topological polar surface area (TPSA) is 127 Å². The van der Waals surface area contributed by atoms with E-state index in [1.54, 1.807) is 30.3 Å². The number of piperazine rings is 1. The number of hydrogen-bond donors (Lipinski definition) is 3. The van der Waals surface area contributed by atoms with Crippen molar-refractivity contribution in [1.82, 2.24) is 4.90 Å². The molecule has 0 saturated carbocycles. The predicted octanol–water partition coefficient (Wildman–Crippen LogP) is 4.90. The molecule has 0 atom stereocenters. The van der Waals surface area contributed by atoms with Gasteiger partial charge in [-0.15, -0.1) is 0 Å². The van der Waals surface area contributed by atoms with Gasteiger partial charge in [-0.3, -0.25) is 9.62 Å². The van der Waals surface area contributed by atoms with Crippen LogP contribution in [0, 0.1) is 19.7 Å². The molecule has 1 aliphatic rings. The van der Waals surface area contributed by atoms with Gasteiger partial charge in [0.15, 0.2) is 0 Å². The highest BCUT2D eigenvalue weighted by Gasteiger charge is 2.38. The molecule has 226 valence electrons. The Morgan fingerprint density at radius 3 is 2.07 bits per heavy atom. The summed E-state index contributed by atoms with van der Waals surface area (Å²) in [5.74, 6) is -4.20. The molecule has 1 heterocycles. The zero-order valence-electron chi connectivity index (χ0n) is 22.7. The number of aromatic carboxylic acids is 1. The summed E-state index contributed by atoms with van der Waals surface area (Å²) in [7, 11) is -3.95. The minimum Gasteiger partial charge on any atom is -0.478 e. The predicted molar refractivity (Wildman–Crippen MR) is 148 cm³/mol. The molecule has 3 aromatic rings. The number of rotatable bonds is 7. The maximum absolute atomic E-state index is 14.0. The van der Waals surface area contributed by atoms with Gasteiger partial charge in [-0.2, -0.15) is 13.2 Å². The Balaban J connectivity index is 0.000000616. The molecule has 0 spiro atoms. The molecule has 0 bridgehead atoms. The lowest BCUT2D eigenvalue weighted by Crippen LogP contribution is -2.46. The number of aryl methyl sites for hydroxylation is 2. The van der Waals surface area contributed by atoms with Gasteiger partial charge >= 0.3 is 18.1 Å². The van der Waals surface area contributed by atoms with Gasteiger partial charge in [-0.05, 0) is 61.4 Å². The number of benzene rings is 3. The van der Waals surface area contributed by atoms with Crippen molar-refractivity contribution in [3.05, 3.63) is 88.7 Å². The van der Waals surface area contributed by atoms with Crippen LogP contribution in [0.4, 0.5) is 28.9 Å². The lowest BCUT2D eigenvalue weighted by atomic mass is 10.1. The highest BCUT2D eigenvalue weighted by atomic mass is 32.2. The second-order valence-corrected chi connectivity index (χ2v) is 11.2. The number of hydrogen-bond acceptors (Lipinski definition) is 6. The summed E-state index contributed by atoms with van der Waals surface area (Å²) in [5.41, 5.74) is 3.03. The number of carboxylic acids is 2. The Bertz CT molecular complexity index is 1560. The van der Waals surface area contributed by atoms with Crippen molar-refractivity contribution in [1.29, 1.82) is 0 Å². The van der Waals surface area contributed by atoms with E-state index in [2.05, 4.69) is 9.62 Å². The number of anilines is 2. The van der Waals surface area contributed by atoms with Crippen LogP contribution in [0.5, 0.6) is 0 Å². The van der Waals surface area contributed by atoms with E-state index >= 15 is 0 Å². The summed E-state index contributed by atoms with van der Waals surface area (Å²) < 4.78 is 73.9. The minimum atomic E-state index is -5.08. The van der Waals surface area contributed by atoms with E-state index in [9.17, 15) is 35.9 Å². The molecule has 3 N–H and O–H groups in total. The van der Waals surface area contributed by atoms with Crippen LogP contribution in [0.1, 0.15) is 27.0 Å². The Morgan fingerprint density at radius 1 is 0.905 bits per heavy atom. The van der Waals surface area contributed by atoms with Crippen LogP contribution in [0.25, 0.3) is 0 Å². The number of carboxylic acid groups (broad SMARTS) is 2. The fraction of sp³-hybridized carbons (Fsp3) is 0.286. The summed E-state index contributed by atoms with van der Waals surface area (Å²) in [6, 6.07) is 16.2. The fourth-order valence-corrected chi connectivity index (χ4v) is 5.28. The summed E-state index contributed by atoms with van der Waals surface area (Å²) in [6.07, 6.45) is -5.08. The molecule has 9 nitrogen and oxygen atoms in total. The van der Waals surface area contributed by atoms with Gasteiger partial charge in [0.25, 0.3) is 10.0 Å². The number of nitrogens with one attached hydrogen (secondary N) is 1. The van der Waals surface area contributed by atoms with Crippen molar-refractivity contribution >= 4 is 33.3 Å². The van der Waals surface area contributed by atoms with Gasteiger partial charge in [-0.25, -0.2) is 22.4 Å². The van der Waals surface area contributed by atoms with Gasteiger partial charge in [-0.1, -0.05) is 24.3 Å². The van der Waals surface area contributed by atoms with Gasteiger partial charge < -0.3 is 15.1 Å². The van der Waals surface area contributed by atoms with Gasteiger partial charge in [0, 0.05) is 44.0 Å². The van der Waals surface area contributed by atoms with Crippen LogP contribution in [0.3, 0.4) is 0 Å². The van der Waals surface area contributed by atoms with Crippen molar-refractivity contribution in [2.75, 3.05) is 35.8 Å². The first-order valence-electron chi connectivity index (χ1n) is 12.6. The maximum atomic E-state index is 14.0. The number of carbonyl (C=O) groups is 2. The molecule has 14 heteroatoms. The third-order valence-electron chi connectivity index (χ3n) is 6.60. The van der Waals surface area contributed by atoms with Gasteiger partial charge in [0.1, 0.15) is 5.82 Å². The smallest absolute Gasteiger partial charge is 0.478 e. The van der Waals surface area contributed by atoms with E-state index in [0.29, 0.717) is 44.0 Å². The van der Waals surface area contributed by atoms with E-state index < -0.39 is 28.1 Å². The lowest BCUT2D eigenvalue weighted by Gasteiger charge is -2.36. The van der Waals surface area contributed by atoms with E-state index in [1.807, 2.05) is 24.8 Å². The fourth-order valence-electron chi connectivity index (χ4n) is 4.11. The first kappa shape index (κ1) is 32.3. The molecular formula is C28H29F4N3O6S. The number of alkyl halides is 3. The number of nitrogens with zero attached hydrogens (tertiary/aromatic N) is 2. The maximum Gasteiger partial charge on any atom is 0.490 e. The Morgan fingerprint density at radius 2 is 1.52 bits per heavy atom. The van der Waals surface area contributed by atoms with E-state index in [-0.39, 0.29) is 22.0 Å². The van der Waals surface area contributed by atoms with Crippen LogP contribution < -0.4 is 9.62 Å². The van der Waals surface area contributed by atoms with Gasteiger partial charge in [0.05, 0.1) is 16.1 Å². The molecule has 0 unspecified atom stereocenters. The monoisotopic (exact) mass is 611 g/mol. The number of halogens is 4. The molecule has 0 aliphatic carbocycles. The van der Waals surface area contributed by atoms with Crippen molar-refractivity contribution < 1.29 is 45.8 Å². The average molecular weight is 612 g/mol. The third-order valence-corrected chi connectivity index (χ3v) is 7.96. The quantitative estimate of drug-likeness (QED) is 0.322. The highest BCUT2D eigenvalue weighted by Crippen LogP contribution is 2.27. The molecule has 1 aliphatic heterocycles. The molecule has 0 amide bonds. The van der Waals surface area contributed by atoms with Gasteiger partial charge in [0.2, 0.25) is 0 Å². The summed E-state index contributed by atoms with van der Waals surface area (Å²) in [4.78, 5) is 25.1. The second-order valence-electron chi connectivity index (χ2n) is 9.54. The standard InChI is InChI=1S/C26H28FN3O4S.C2HF3O2/c1-18-7-9-22(15-19(18)2)35(33,34)28-25-10-8-21(16-23(25)26(31)32)30-13-11-29(12-14-30)17-20-5-3-4-6-24(20)27;3-2(4,5)1(6)7/h3-10,15-16,28H,11-14,17H2,1-2H3,(H,31,32);(H,6,7). The van der Waals surface area contributed by atoms with E-state index in [1.165, 1.54) is 24.3 Å². The van der Waals surface area contributed by atoms with Crippen LogP contribution in [0.2, 0.25) is 0 Å². The van der Waals surface area contributed by atoms with Crippen LogP contribution >= 0.6 is 0 Å². The molecule has 42 heavy (non-hydrogen) atoms. The molecule has 3 aromatic carbocycles. The Labute approximate surface area is 240 Å². The molecule has 0 aromatic heterocycles. The zero-order valence-corrected chi connectivity index (χ0v) is 23.5. The first-order valence-corrected chi connectivity index (χ1v) is 14.0.